The molecule has 2 atom stereocenters. The first-order valence-electron chi connectivity index (χ1n) is 9.63. The van der Waals surface area contributed by atoms with Crippen molar-refractivity contribution < 1.29 is 9.53 Å². The van der Waals surface area contributed by atoms with E-state index in [-0.39, 0.29) is 18.0 Å². The first kappa shape index (κ1) is 18.9. The van der Waals surface area contributed by atoms with Crippen LogP contribution in [0.5, 0.6) is 5.75 Å². The van der Waals surface area contributed by atoms with Crippen LogP contribution in [0.15, 0.2) is 42.5 Å². The topological polar surface area (TPSA) is 54.5 Å². The minimum atomic E-state index is -0.246. The first-order valence-corrected chi connectivity index (χ1v) is 10.4. The summed E-state index contributed by atoms with van der Waals surface area (Å²) in [6, 6.07) is 14.0. The number of nitrogens with one attached hydrogen (secondary N) is 1. The van der Waals surface area contributed by atoms with Crippen LogP contribution in [-0.4, -0.2) is 35.5 Å². The normalized spacial score (nSPS) is 18.3. The molecule has 2 heterocycles. The summed E-state index contributed by atoms with van der Waals surface area (Å²) in [7, 11) is 1.62. The Morgan fingerprint density at radius 2 is 2.14 bits per heavy atom. The molecule has 0 aliphatic carbocycles. The Labute approximate surface area is 169 Å². The molecule has 2 unspecified atom stereocenters. The number of rotatable bonds is 5. The van der Waals surface area contributed by atoms with Crippen molar-refractivity contribution >= 4 is 33.1 Å². The van der Waals surface area contributed by atoms with Crippen molar-refractivity contribution in [3.8, 4) is 5.75 Å². The Bertz CT molecular complexity index is 967. The summed E-state index contributed by atoms with van der Waals surface area (Å²) >= 11 is 1.73. The van der Waals surface area contributed by atoms with E-state index in [1.165, 1.54) is 4.70 Å². The van der Waals surface area contributed by atoms with Gasteiger partial charge in [-0.05, 0) is 63.1 Å². The predicted molar refractivity (Wildman–Crippen MR) is 114 cm³/mol. The van der Waals surface area contributed by atoms with Crippen LogP contribution >= 0.6 is 11.3 Å². The number of benzene rings is 2. The molecule has 4 rings (SSSR count). The van der Waals surface area contributed by atoms with E-state index in [2.05, 4.69) is 22.3 Å². The smallest absolute Gasteiger partial charge is 0.241 e. The van der Waals surface area contributed by atoms with Gasteiger partial charge in [-0.25, -0.2) is 4.98 Å². The maximum atomic E-state index is 13.0. The molecule has 0 saturated carbocycles. The van der Waals surface area contributed by atoms with Crippen molar-refractivity contribution in [2.75, 3.05) is 19.0 Å². The van der Waals surface area contributed by atoms with Gasteiger partial charge in [-0.1, -0.05) is 18.2 Å². The molecule has 1 aliphatic heterocycles. The second-order valence-corrected chi connectivity index (χ2v) is 8.35. The van der Waals surface area contributed by atoms with Crippen LogP contribution in [-0.2, 0) is 4.79 Å². The van der Waals surface area contributed by atoms with Crippen LogP contribution < -0.4 is 10.1 Å². The number of thiazole rings is 1. The standard InChI is InChI=1S/C22H25N3O2S/c1-14-10-11-19(27-3)17(13-14)23-21(26)15(2)25-12-6-8-18(25)22-24-16-7-4-5-9-20(16)28-22/h4-5,7,9-11,13,15,18H,6,8,12H2,1-3H3,(H,23,26). The van der Waals surface area contributed by atoms with Crippen molar-refractivity contribution in [1.82, 2.24) is 9.88 Å². The molecule has 1 amide bonds. The third-order valence-electron chi connectivity index (χ3n) is 5.38. The average Bonchev–Trinajstić information content (AvgIpc) is 3.34. The Morgan fingerprint density at radius 1 is 1.32 bits per heavy atom. The molecule has 6 heteroatoms. The number of likely N-dealkylation sites (tertiary alicyclic amines) is 1. The van der Waals surface area contributed by atoms with Gasteiger partial charge in [0, 0.05) is 0 Å². The molecule has 2 aromatic carbocycles. The zero-order valence-electron chi connectivity index (χ0n) is 16.4. The third kappa shape index (κ3) is 3.62. The lowest BCUT2D eigenvalue weighted by molar-refractivity contribution is -0.121. The molecule has 0 bridgehead atoms. The van der Waals surface area contributed by atoms with Gasteiger partial charge >= 0.3 is 0 Å². The molecule has 0 radical (unpaired) electrons. The Hall–Kier alpha value is -2.44. The first-order chi connectivity index (χ1) is 13.6. The van der Waals surface area contributed by atoms with E-state index in [0.29, 0.717) is 5.75 Å². The summed E-state index contributed by atoms with van der Waals surface area (Å²) in [5, 5.41) is 4.16. The molecule has 5 nitrogen and oxygen atoms in total. The third-order valence-corrected chi connectivity index (χ3v) is 6.52. The molecule has 1 aliphatic rings. The number of hydrogen-bond donors (Lipinski definition) is 1. The van der Waals surface area contributed by atoms with Crippen molar-refractivity contribution in [3.05, 3.63) is 53.0 Å². The second kappa shape index (κ2) is 7.89. The van der Waals surface area contributed by atoms with E-state index < -0.39 is 0 Å². The van der Waals surface area contributed by atoms with Gasteiger partial charge in [-0.15, -0.1) is 11.3 Å². The van der Waals surface area contributed by atoms with E-state index in [1.54, 1.807) is 18.4 Å². The number of ether oxygens (including phenoxy) is 1. The fraction of sp³-hybridized carbons (Fsp3) is 0.364. The van der Waals surface area contributed by atoms with Crippen LogP contribution in [0.3, 0.4) is 0 Å². The SMILES string of the molecule is COc1ccc(C)cc1NC(=O)C(C)N1CCCC1c1nc2ccccc2s1. The lowest BCUT2D eigenvalue weighted by Gasteiger charge is -2.28. The molecule has 146 valence electrons. The maximum Gasteiger partial charge on any atom is 0.241 e. The number of anilines is 1. The molecule has 28 heavy (non-hydrogen) atoms. The highest BCUT2D eigenvalue weighted by Gasteiger charge is 2.35. The molecule has 1 saturated heterocycles. The van der Waals surface area contributed by atoms with Gasteiger partial charge in [0.05, 0.1) is 35.1 Å². The van der Waals surface area contributed by atoms with E-state index >= 15 is 0 Å². The summed E-state index contributed by atoms with van der Waals surface area (Å²) in [4.78, 5) is 20.1. The van der Waals surface area contributed by atoms with E-state index in [4.69, 9.17) is 9.72 Å². The predicted octanol–water partition coefficient (Wildman–Crippen LogP) is 4.78. The van der Waals surface area contributed by atoms with Crippen LogP contribution in [0, 0.1) is 6.92 Å². The van der Waals surface area contributed by atoms with Gasteiger partial charge < -0.3 is 10.1 Å². The molecule has 1 aromatic heterocycles. The van der Waals surface area contributed by atoms with Crippen LogP contribution in [0.25, 0.3) is 10.2 Å². The molecular weight excluding hydrogens is 370 g/mol. The lowest BCUT2D eigenvalue weighted by atomic mass is 10.1. The molecule has 1 N–H and O–H groups in total. The number of para-hydroxylation sites is 1. The number of aryl methyl sites for hydroxylation is 1. The van der Waals surface area contributed by atoms with Crippen LogP contribution in [0.1, 0.15) is 36.4 Å². The summed E-state index contributed by atoms with van der Waals surface area (Å²) in [6.45, 7) is 4.88. The minimum absolute atomic E-state index is 0.0167. The number of carbonyl (C=O) groups is 1. The second-order valence-electron chi connectivity index (χ2n) is 7.28. The fourth-order valence-corrected chi connectivity index (χ4v) is 4.98. The average molecular weight is 396 g/mol. The highest BCUT2D eigenvalue weighted by Crippen LogP contribution is 2.38. The van der Waals surface area contributed by atoms with Gasteiger partial charge in [-0.2, -0.15) is 0 Å². The number of hydrogen-bond acceptors (Lipinski definition) is 5. The van der Waals surface area contributed by atoms with Crippen molar-refractivity contribution in [2.45, 2.75) is 38.8 Å². The highest BCUT2D eigenvalue weighted by molar-refractivity contribution is 7.18. The van der Waals surface area contributed by atoms with E-state index in [9.17, 15) is 4.79 Å². The van der Waals surface area contributed by atoms with Crippen LogP contribution in [0.4, 0.5) is 5.69 Å². The number of aromatic nitrogens is 1. The summed E-state index contributed by atoms with van der Waals surface area (Å²) in [6.07, 6.45) is 2.11. The van der Waals surface area contributed by atoms with Crippen molar-refractivity contribution in [1.29, 1.82) is 0 Å². The summed E-state index contributed by atoms with van der Waals surface area (Å²) in [5.74, 6) is 0.659. The fourth-order valence-electron chi connectivity index (χ4n) is 3.86. The zero-order chi connectivity index (χ0) is 19.7. The van der Waals surface area contributed by atoms with E-state index in [1.807, 2.05) is 44.2 Å². The van der Waals surface area contributed by atoms with Gasteiger partial charge in [0.2, 0.25) is 5.91 Å². The zero-order valence-corrected chi connectivity index (χ0v) is 17.3. The Balaban J connectivity index is 1.54. The summed E-state index contributed by atoms with van der Waals surface area (Å²) < 4.78 is 6.59. The van der Waals surface area contributed by atoms with Gasteiger partial charge in [0.25, 0.3) is 0 Å². The monoisotopic (exact) mass is 395 g/mol. The molecular formula is C22H25N3O2S. The quantitative estimate of drug-likeness (QED) is 0.676. The van der Waals surface area contributed by atoms with E-state index in [0.717, 1.165) is 41.2 Å². The van der Waals surface area contributed by atoms with Gasteiger partial charge in [0.1, 0.15) is 10.8 Å². The maximum absolute atomic E-state index is 13.0. The summed E-state index contributed by atoms with van der Waals surface area (Å²) in [5.41, 5.74) is 2.84. The Morgan fingerprint density at radius 3 is 2.93 bits per heavy atom. The number of methoxy groups -OCH3 is 1. The number of amides is 1. The minimum Gasteiger partial charge on any atom is -0.495 e. The molecule has 1 fully saturated rings. The lowest BCUT2D eigenvalue weighted by Crippen LogP contribution is -2.41. The number of fused-ring (bicyclic) bond motifs is 1. The largest absolute Gasteiger partial charge is 0.495 e. The molecule has 3 aromatic rings. The Kier molecular flexibility index (Phi) is 5.33. The van der Waals surface area contributed by atoms with Gasteiger partial charge in [-0.3, -0.25) is 9.69 Å². The van der Waals surface area contributed by atoms with Gasteiger partial charge in [0.15, 0.2) is 0 Å². The van der Waals surface area contributed by atoms with Crippen molar-refractivity contribution in [2.24, 2.45) is 0 Å². The highest BCUT2D eigenvalue weighted by atomic mass is 32.1. The number of carbonyl (C=O) groups excluding carboxylic acids is 1. The van der Waals surface area contributed by atoms with Crippen LogP contribution in [0.2, 0.25) is 0 Å². The van der Waals surface area contributed by atoms with Crippen molar-refractivity contribution in [3.63, 3.8) is 0 Å². The molecule has 0 spiro atoms. The number of nitrogens with zero attached hydrogens (tertiary/aromatic N) is 2.